The van der Waals surface area contributed by atoms with Crippen LogP contribution in [0.3, 0.4) is 0 Å². The van der Waals surface area contributed by atoms with E-state index in [1.807, 2.05) is 4.68 Å². The Morgan fingerprint density at radius 3 is 2.60 bits per heavy atom. The first-order valence-corrected chi connectivity index (χ1v) is 13.3. The second-order valence-electron chi connectivity index (χ2n) is 9.98. The molecule has 1 N–H and O–H groups in total. The number of nitrogens with zero attached hydrogens (tertiary/aromatic N) is 2. The molecule has 1 aromatic rings. The Hall–Kier alpha value is -1.04. The monoisotopic (exact) mass is 479 g/mol. The Morgan fingerprint density at radius 1 is 1.17 bits per heavy atom. The van der Waals surface area contributed by atoms with Gasteiger partial charge in [0.1, 0.15) is 5.56 Å². The van der Waals surface area contributed by atoms with Crippen molar-refractivity contribution in [3.63, 3.8) is 0 Å². The third-order valence-corrected chi connectivity index (χ3v) is 8.10. The van der Waals surface area contributed by atoms with Gasteiger partial charge in [-0.2, -0.15) is 5.10 Å². The molecule has 0 aliphatic heterocycles. The van der Waals surface area contributed by atoms with Crippen molar-refractivity contribution in [1.82, 2.24) is 15.1 Å². The second-order valence-corrected chi connectivity index (χ2v) is 10.8. The van der Waals surface area contributed by atoms with Gasteiger partial charge in [-0.05, 0) is 62.7 Å². The van der Waals surface area contributed by atoms with Crippen molar-refractivity contribution in [2.24, 2.45) is 23.7 Å². The molecule has 3 unspecified atom stereocenters. The zero-order chi connectivity index (χ0) is 20.9. The molecule has 1 aromatic heterocycles. The summed E-state index contributed by atoms with van der Waals surface area (Å²) in [4.78, 5) is 13.2. The van der Waals surface area contributed by atoms with E-state index in [4.69, 9.17) is 4.74 Å². The van der Waals surface area contributed by atoms with Crippen LogP contribution in [0.1, 0.15) is 87.9 Å². The number of alkyl halides is 1. The van der Waals surface area contributed by atoms with Gasteiger partial charge in [-0.25, -0.2) is 4.68 Å². The number of aryl methyl sites for hydroxylation is 1. The van der Waals surface area contributed by atoms with Crippen LogP contribution >= 0.6 is 15.9 Å². The Bertz CT molecular complexity index is 689. The molecule has 0 radical (unpaired) electrons. The number of nitrogens with one attached hydrogen (secondary N) is 1. The molecular formula is C24H38BrN3O2. The standard InChI is InChI=1S/C24H38BrN3O2/c1-17(21-13-19-8-5-9-20(12-19)14-21)27-23(29)22-15-26-28(11-10-25)24(22)30-16-18-6-3-2-4-7-18/h15,17-21H,2-14,16H2,1H3,(H,27,29). The van der Waals surface area contributed by atoms with Gasteiger partial charge in [0.2, 0.25) is 5.88 Å². The fraction of sp³-hybridized carbons (Fsp3) is 0.833. The van der Waals surface area contributed by atoms with Crippen molar-refractivity contribution < 1.29 is 9.53 Å². The summed E-state index contributed by atoms with van der Waals surface area (Å²) in [5.41, 5.74) is 0.592. The number of carbonyl (C=O) groups is 1. The number of fused-ring (bicyclic) bond motifs is 2. The summed E-state index contributed by atoms with van der Waals surface area (Å²) in [7, 11) is 0. The SMILES string of the molecule is CC(NC(=O)c1cnn(CCBr)c1OCC1CCCCC1)C1CC2CCCC(C2)C1. The number of amides is 1. The van der Waals surface area contributed by atoms with Crippen LogP contribution < -0.4 is 10.1 Å². The lowest BCUT2D eigenvalue weighted by Gasteiger charge is -2.41. The summed E-state index contributed by atoms with van der Waals surface area (Å²) in [6.07, 6.45) is 16.2. The van der Waals surface area contributed by atoms with Crippen LogP contribution in [-0.4, -0.2) is 33.7 Å². The van der Waals surface area contributed by atoms with Crippen molar-refractivity contribution in [3.8, 4) is 5.88 Å². The predicted molar refractivity (Wildman–Crippen MR) is 123 cm³/mol. The zero-order valence-corrected chi connectivity index (χ0v) is 20.0. The first-order valence-electron chi connectivity index (χ1n) is 12.2. The van der Waals surface area contributed by atoms with E-state index in [0.29, 0.717) is 36.4 Å². The highest BCUT2D eigenvalue weighted by Gasteiger charge is 2.35. The van der Waals surface area contributed by atoms with E-state index in [-0.39, 0.29) is 11.9 Å². The maximum Gasteiger partial charge on any atom is 0.258 e. The van der Waals surface area contributed by atoms with E-state index < -0.39 is 0 Å². The zero-order valence-electron chi connectivity index (χ0n) is 18.5. The molecule has 0 spiro atoms. The van der Waals surface area contributed by atoms with E-state index in [1.165, 1.54) is 70.6 Å². The summed E-state index contributed by atoms with van der Waals surface area (Å²) in [6.45, 7) is 3.58. The first kappa shape index (κ1) is 22.2. The second kappa shape index (κ2) is 10.5. The summed E-state index contributed by atoms with van der Waals surface area (Å²) >= 11 is 3.49. The van der Waals surface area contributed by atoms with Crippen molar-refractivity contribution in [2.45, 2.75) is 90.1 Å². The fourth-order valence-electron chi connectivity index (χ4n) is 6.07. The van der Waals surface area contributed by atoms with Gasteiger partial charge in [0.15, 0.2) is 0 Å². The molecule has 3 aliphatic rings. The lowest BCUT2D eigenvalue weighted by molar-refractivity contribution is 0.0848. The van der Waals surface area contributed by atoms with Crippen molar-refractivity contribution >= 4 is 21.8 Å². The summed E-state index contributed by atoms with van der Waals surface area (Å²) in [5, 5.41) is 8.55. The topological polar surface area (TPSA) is 56.2 Å². The molecule has 6 heteroatoms. The molecule has 3 saturated carbocycles. The highest BCUT2D eigenvalue weighted by Crippen LogP contribution is 2.43. The average molecular weight is 480 g/mol. The summed E-state index contributed by atoms with van der Waals surface area (Å²) in [6, 6.07) is 0.201. The van der Waals surface area contributed by atoms with Gasteiger partial charge in [0.25, 0.3) is 5.91 Å². The number of carbonyl (C=O) groups excluding carboxylic acids is 1. The molecule has 1 amide bonds. The van der Waals surface area contributed by atoms with Crippen LogP contribution in [0.25, 0.3) is 0 Å². The molecule has 30 heavy (non-hydrogen) atoms. The van der Waals surface area contributed by atoms with Crippen LogP contribution in [0.5, 0.6) is 5.88 Å². The minimum absolute atomic E-state index is 0.0299. The van der Waals surface area contributed by atoms with Crippen LogP contribution in [0.4, 0.5) is 0 Å². The molecule has 3 atom stereocenters. The van der Waals surface area contributed by atoms with Crippen LogP contribution in [0.15, 0.2) is 6.20 Å². The van der Waals surface area contributed by atoms with Gasteiger partial charge in [-0.3, -0.25) is 4.79 Å². The molecule has 2 bridgehead atoms. The molecule has 0 aromatic carbocycles. The van der Waals surface area contributed by atoms with Gasteiger partial charge in [-0.1, -0.05) is 54.5 Å². The summed E-state index contributed by atoms with van der Waals surface area (Å²) < 4.78 is 8.06. The van der Waals surface area contributed by atoms with E-state index in [2.05, 4.69) is 33.3 Å². The van der Waals surface area contributed by atoms with E-state index in [0.717, 1.165) is 17.2 Å². The van der Waals surface area contributed by atoms with Crippen LogP contribution in [0.2, 0.25) is 0 Å². The molecule has 168 valence electrons. The highest BCUT2D eigenvalue weighted by atomic mass is 79.9. The normalized spacial score (nSPS) is 28.1. The molecule has 3 aliphatic carbocycles. The minimum atomic E-state index is -0.0299. The molecule has 5 nitrogen and oxygen atoms in total. The van der Waals surface area contributed by atoms with Crippen LogP contribution in [0, 0.1) is 23.7 Å². The quantitative estimate of drug-likeness (QED) is 0.495. The van der Waals surface area contributed by atoms with Crippen molar-refractivity contribution in [1.29, 1.82) is 0 Å². The average Bonchev–Trinajstić information content (AvgIpc) is 3.15. The van der Waals surface area contributed by atoms with Gasteiger partial charge in [-0.15, -0.1) is 0 Å². The lowest BCUT2D eigenvalue weighted by atomic mass is 9.66. The third kappa shape index (κ3) is 5.41. The third-order valence-electron chi connectivity index (χ3n) is 7.74. The Labute approximate surface area is 189 Å². The predicted octanol–water partition coefficient (Wildman–Crippen LogP) is 5.57. The molecule has 4 rings (SSSR count). The fourth-order valence-corrected chi connectivity index (χ4v) is 6.40. The van der Waals surface area contributed by atoms with Crippen molar-refractivity contribution in [3.05, 3.63) is 11.8 Å². The van der Waals surface area contributed by atoms with Gasteiger partial charge >= 0.3 is 0 Å². The number of aromatic nitrogens is 2. The maximum absolute atomic E-state index is 13.2. The van der Waals surface area contributed by atoms with E-state index in [1.54, 1.807) is 6.20 Å². The molecule has 1 heterocycles. The number of rotatable bonds is 8. The molecule has 3 fully saturated rings. The maximum atomic E-state index is 13.2. The number of hydrogen-bond acceptors (Lipinski definition) is 3. The van der Waals surface area contributed by atoms with Crippen molar-refractivity contribution in [2.75, 3.05) is 11.9 Å². The van der Waals surface area contributed by atoms with Gasteiger partial charge < -0.3 is 10.1 Å². The molecule has 0 saturated heterocycles. The summed E-state index contributed by atoms with van der Waals surface area (Å²) in [5.74, 6) is 3.56. The Balaban J connectivity index is 1.39. The largest absolute Gasteiger partial charge is 0.477 e. The first-order chi connectivity index (χ1) is 14.6. The minimum Gasteiger partial charge on any atom is -0.477 e. The lowest BCUT2D eigenvalue weighted by Crippen LogP contribution is -2.42. The Kier molecular flexibility index (Phi) is 7.77. The number of hydrogen-bond donors (Lipinski definition) is 1. The Morgan fingerprint density at radius 2 is 1.90 bits per heavy atom. The number of halogens is 1. The van der Waals surface area contributed by atoms with Crippen LogP contribution in [-0.2, 0) is 6.54 Å². The van der Waals surface area contributed by atoms with Gasteiger partial charge in [0.05, 0.1) is 19.3 Å². The smallest absolute Gasteiger partial charge is 0.258 e. The molecular weight excluding hydrogens is 442 g/mol. The van der Waals surface area contributed by atoms with Gasteiger partial charge in [0, 0.05) is 11.4 Å². The van der Waals surface area contributed by atoms with E-state index >= 15 is 0 Å². The highest BCUT2D eigenvalue weighted by molar-refractivity contribution is 9.09. The van der Waals surface area contributed by atoms with E-state index in [9.17, 15) is 4.79 Å². The number of ether oxygens (including phenoxy) is 1.